The molecule has 3 heteroatoms. The number of rotatable bonds is 6. The predicted molar refractivity (Wildman–Crippen MR) is 235 cm³/mol. The Labute approximate surface area is 322 Å². The fraction of sp³-hybridized carbons (Fsp3) is 0. The first-order valence-corrected chi connectivity index (χ1v) is 19.5. The number of furan rings is 1. The van der Waals surface area contributed by atoms with Crippen LogP contribution in [0, 0.1) is 0 Å². The second-order valence-electron chi connectivity index (χ2n) is 14.1. The zero-order chi connectivity index (χ0) is 36.3. The highest BCUT2D eigenvalue weighted by Crippen LogP contribution is 2.47. The minimum atomic E-state index is 0.859. The van der Waals surface area contributed by atoms with E-state index in [1.54, 1.807) is 0 Å². The van der Waals surface area contributed by atoms with Crippen LogP contribution in [0.25, 0.3) is 86.3 Å². The van der Waals surface area contributed by atoms with Gasteiger partial charge in [0, 0.05) is 42.2 Å². The Morgan fingerprint density at radius 2 is 1.02 bits per heavy atom. The molecule has 2 aromatic heterocycles. The summed E-state index contributed by atoms with van der Waals surface area (Å²) < 4.78 is 9.37. The quantitative estimate of drug-likeness (QED) is 0.170. The van der Waals surface area contributed by atoms with Gasteiger partial charge in [-0.1, -0.05) is 146 Å². The van der Waals surface area contributed by atoms with Crippen molar-refractivity contribution in [3.8, 4) is 33.4 Å². The predicted octanol–water partition coefficient (Wildman–Crippen LogP) is 15.6. The van der Waals surface area contributed by atoms with Gasteiger partial charge < -0.3 is 9.32 Å². The lowest BCUT2D eigenvalue weighted by molar-refractivity contribution is 0.669. The Balaban J connectivity index is 1.13. The maximum atomic E-state index is 6.74. The van der Waals surface area contributed by atoms with E-state index in [9.17, 15) is 0 Å². The van der Waals surface area contributed by atoms with Gasteiger partial charge >= 0.3 is 0 Å². The third-order valence-electron chi connectivity index (χ3n) is 10.9. The highest BCUT2D eigenvalue weighted by Gasteiger charge is 2.23. The van der Waals surface area contributed by atoms with Gasteiger partial charge in [0.25, 0.3) is 0 Å². The number of hydrogen-bond donors (Lipinski definition) is 0. The van der Waals surface area contributed by atoms with Gasteiger partial charge in [-0.05, 0) is 93.2 Å². The molecule has 9 aromatic carbocycles. The molecule has 11 aromatic rings. The minimum absolute atomic E-state index is 0.859. The zero-order valence-corrected chi connectivity index (χ0v) is 30.6. The molecule has 0 N–H and O–H groups in total. The number of hydrogen-bond acceptors (Lipinski definition) is 3. The molecule has 55 heavy (non-hydrogen) atoms. The fourth-order valence-corrected chi connectivity index (χ4v) is 9.24. The van der Waals surface area contributed by atoms with E-state index < -0.39 is 0 Å². The van der Waals surface area contributed by atoms with Crippen molar-refractivity contribution in [1.29, 1.82) is 0 Å². The summed E-state index contributed by atoms with van der Waals surface area (Å²) in [6.45, 7) is 0. The number of anilines is 3. The number of para-hydroxylation sites is 2. The maximum absolute atomic E-state index is 6.74. The van der Waals surface area contributed by atoms with Crippen LogP contribution in [-0.2, 0) is 0 Å². The van der Waals surface area contributed by atoms with Crippen LogP contribution in [0.2, 0.25) is 0 Å². The van der Waals surface area contributed by atoms with Crippen molar-refractivity contribution >= 4 is 81.3 Å². The van der Waals surface area contributed by atoms with Crippen LogP contribution in [0.15, 0.2) is 205 Å². The summed E-state index contributed by atoms with van der Waals surface area (Å²) in [7, 11) is 0. The van der Waals surface area contributed by atoms with Gasteiger partial charge in [0.1, 0.15) is 5.58 Å². The molecule has 0 aliphatic rings. The van der Waals surface area contributed by atoms with Gasteiger partial charge in [0.15, 0.2) is 5.58 Å². The van der Waals surface area contributed by atoms with E-state index in [-0.39, 0.29) is 0 Å². The largest absolute Gasteiger partial charge is 0.454 e. The number of nitrogens with zero attached hydrogens (tertiary/aromatic N) is 1. The van der Waals surface area contributed by atoms with Crippen molar-refractivity contribution in [2.45, 2.75) is 0 Å². The summed E-state index contributed by atoms with van der Waals surface area (Å²) in [5.41, 5.74) is 11.8. The van der Waals surface area contributed by atoms with Crippen LogP contribution in [0.4, 0.5) is 17.1 Å². The van der Waals surface area contributed by atoms with Gasteiger partial charge in [-0.3, -0.25) is 0 Å². The second-order valence-corrected chi connectivity index (χ2v) is 15.2. The third kappa shape index (κ3) is 5.40. The van der Waals surface area contributed by atoms with Crippen LogP contribution in [-0.4, -0.2) is 0 Å². The minimum Gasteiger partial charge on any atom is -0.454 e. The molecular formula is C52H33NOS. The number of benzene rings is 9. The highest BCUT2D eigenvalue weighted by atomic mass is 32.1. The lowest BCUT2D eigenvalue weighted by Gasteiger charge is -2.29. The van der Waals surface area contributed by atoms with E-state index in [0.29, 0.717) is 0 Å². The van der Waals surface area contributed by atoms with Crippen LogP contribution in [0.3, 0.4) is 0 Å². The first kappa shape index (κ1) is 31.6. The number of thiophene rings is 1. The average molecular weight is 720 g/mol. The normalized spacial score (nSPS) is 11.6. The molecule has 0 radical (unpaired) electrons. The number of fused-ring (bicyclic) bond motifs is 7. The SMILES string of the molecule is c1ccc(-c2ccc(-c3ccc4ccccc4c3)cc2N(c2ccc(-c3ccc4sc5ccccc5c4c3)cc2)c2cccc3c2oc2ccccc23)cc1. The molecule has 0 fully saturated rings. The van der Waals surface area contributed by atoms with Gasteiger partial charge in [0.2, 0.25) is 0 Å². The van der Waals surface area contributed by atoms with E-state index in [2.05, 4.69) is 199 Å². The summed E-state index contributed by atoms with van der Waals surface area (Å²) in [6, 6.07) is 72.3. The molecule has 0 saturated heterocycles. The van der Waals surface area contributed by atoms with Gasteiger partial charge in [0.05, 0.1) is 11.4 Å². The molecule has 0 aliphatic heterocycles. The lowest BCUT2D eigenvalue weighted by Crippen LogP contribution is -2.12. The first-order chi connectivity index (χ1) is 27.2. The van der Waals surface area contributed by atoms with Crippen LogP contribution in [0.5, 0.6) is 0 Å². The third-order valence-corrected chi connectivity index (χ3v) is 12.0. The Morgan fingerprint density at radius 1 is 0.364 bits per heavy atom. The molecule has 11 rings (SSSR count). The van der Waals surface area contributed by atoms with E-state index >= 15 is 0 Å². The zero-order valence-electron chi connectivity index (χ0n) is 29.8. The Morgan fingerprint density at radius 3 is 1.91 bits per heavy atom. The van der Waals surface area contributed by atoms with Crippen molar-refractivity contribution in [3.63, 3.8) is 0 Å². The molecule has 0 unspecified atom stereocenters. The summed E-state index contributed by atoms with van der Waals surface area (Å²) >= 11 is 1.85. The fourth-order valence-electron chi connectivity index (χ4n) is 8.15. The van der Waals surface area contributed by atoms with Gasteiger partial charge in [-0.2, -0.15) is 0 Å². The van der Waals surface area contributed by atoms with Crippen molar-refractivity contribution in [2.24, 2.45) is 0 Å². The van der Waals surface area contributed by atoms with Crippen molar-refractivity contribution in [1.82, 2.24) is 0 Å². The highest BCUT2D eigenvalue weighted by molar-refractivity contribution is 7.25. The molecule has 0 aliphatic carbocycles. The Hall–Kier alpha value is -6.94. The molecule has 2 nitrogen and oxygen atoms in total. The van der Waals surface area contributed by atoms with Crippen LogP contribution in [0.1, 0.15) is 0 Å². The Bertz CT molecular complexity index is 3210. The molecule has 2 heterocycles. The lowest BCUT2D eigenvalue weighted by atomic mass is 9.95. The van der Waals surface area contributed by atoms with Crippen molar-refractivity contribution < 1.29 is 4.42 Å². The van der Waals surface area contributed by atoms with Crippen molar-refractivity contribution in [2.75, 3.05) is 4.90 Å². The molecule has 258 valence electrons. The first-order valence-electron chi connectivity index (χ1n) is 18.7. The van der Waals surface area contributed by atoms with Crippen molar-refractivity contribution in [3.05, 3.63) is 200 Å². The smallest absolute Gasteiger partial charge is 0.159 e. The topological polar surface area (TPSA) is 16.4 Å². The second kappa shape index (κ2) is 12.9. The average Bonchev–Trinajstić information content (AvgIpc) is 3.83. The summed E-state index contributed by atoms with van der Waals surface area (Å²) in [6.07, 6.45) is 0. The summed E-state index contributed by atoms with van der Waals surface area (Å²) in [4.78, 5) is 2.39. The van der Waals surface area contributed by atoms with E-state index in [0.717, 1.165) is 55.7 Å². The maximum Gasteiger partial charge on any atom is 0.159 e. The van der Waals surface area contributed by atoms with Gasteiger partial charge in [-0.15, -0.1) is 11.3 Å². The standard InChI is InChI=1S/C52H33NOS/c1-2-12-36(13-3-1)42-29-25-40(38-22-21-34-11-4-5-14-37(34)31-38)33-48(42)53(47-18-10-17-45-43-15-6-8-19-49(43)54-52(45)47)41-27-23-35(24-28-41)39-26-30-51-46(32-39)44-16-7-9-20-50(44)55-51/h1-33H. The summed E-state index contributed by atoms with van der Waals surface area (Å²) in [5.74, 6) is 0. The van der Waals surface area contributed by atoms with Crippen LogP contribution < -0.4 is 4.90 Å². The molecule has 0 saturated carbocycles. The van der Waals surface area contributed by atoms with E-state index in [4.69, 9.17) is 4.42 Å². The van der Waals surface area contributed by atoms with E-state index in [1.165, 1.54) is 47.6 Å². The molecule has 0 spiro atoms. The monoisotopic (exact) mass is 719 g/mol. The van der Waals surface area contributed by atoms with Crippen LogP contribution >= 0.6 is 11.3 Å². The molecule has 0 amide bonds. The Kier molecular flexibility index (Phi) is 7.39. The van der Waals surface area contributed by atoms with Gasteiger partial charge in [-0.25, -0.2) is 0 Å². The molecular weight excluding hydrogens is 687 g/mol. The molecule has 0 atom stereocenters. The summed E-state index contributed by atoms with van der Waals surface area (Å²) in [5, 5.41) is 7.28. The molecule has 0 bridgehead atoms. The van der Waals surface area contributed by atoms with E-state index in [1.807, 2.05) is 17.4 Å².